The number of methoxy groups -OCH3 is 1. The Balaban J connectivity index is 2.62. The summed E-state index contributed by atoms with van der Waals surface area (Å²) >= 11 is 0. The lowest BCUT2D eigenvalue weighted by atomic mass is 9.81. The first kappa shape index (κ1) is 12.7. The predicted molar refractivity (Wildman–Crippen MR) is 60.9 cm³/mol. The van der Waals surface area contributed by atoms with Crippen LogP contribution in [0.15, 0.2) is 0 Å². The molecule has 2 atom stereocenters. The van der Waals surface area contributed by atoms with E-state index in [9.17, 15) is 4.79 Å². The molecule has 0 bridgehead atoms. The summed E-state index contributed by atoms with van der Waals surface area (Å²) in [6.45, 7) is 7.59. The molecule has 1 aliphatic heterocycles. The fraction of sp³-hybridized carbons (Fsp3) is 0.917. The predicted octanol–water partition coefficient (Wildman–Crippen LogP) is 1.71. The van der Waals surface area contributed by atoms with Crippen LogP contribution in [-0.4, -0.2) is 43.5 Å². The topological polar surface area (TPSA) is 29.5 Å². The highest BCUT2D eigenvalue weighted by Gasteiger charge is 2.36. The molecule has 15 heavy (non-hydrogen) atoms. The highest BCUT2D eigenvalue weighted by molar-refractivity contribution is 5.51. The molecule has 0 N–H and O–H groups in total. The van der Waals surface area contributed by atoms with Gasteiger partial charge < -0.3 is 14.4 Å². The summed E-state index contributed by atoms with van der Waals surface area (Å²) in [4.78, 5) is 13.1. The molecule has 1 fully saturated rings. The summed E-state index contributed by atoms with van der Waals surface area (Å²) in [5.74, 6) is 0.487. The number of carbonyl (C=O) groups excluding carboxylic acids is 1. The van der Waals surface area contributed by atoms with Crippen LogP contribution in [0.5, 0.6) is 0 Å². The molecule has 1 rings (SSSR count). The smallest absolute Gasteiger partial charge is 0.122 e. The van der Waals surface area contributed by atoms with Crippen molar-refractivity contribution in [3.63, 3.8) is 0 Å². The number of piperidine rings is 1. The minimum absolute atomic E-state index is 0.268. The lowest BCUT2D eigenvalue weighted by molar-refractivity contribution is -0.119. The van der Waals surface area contributed by atoms with Crippen LogP contribution in [0.3, 0.4) is 0 Å². The summed E-state index contributed by atoms with van der Waals surface area (Å²) in [6, 6.07) is 0. The Morgan fingerprint density at radius 1 is 1.60 bits per heavy atom. The van der Waals surface area contributed by atoms with Gasteiger partial charge in [-0.3, -0.25) is 0 Å². The van der Waals surface area contributed by atoms with Crippen LogP contribution < -0.4 is 0 Å². The van der Waals surface area contributed by atoms with Crippen molar-refractivity contribution in [3.8, 4) is 0 Å². The van der Waals surface area contributed by atoms with Crippen molar-refractivity contribution in [1.82, 2.24) is 4.90 Å². The number of aldehydes is 1. The van der Waals surface area contributed by atoms with E-state index in [0.29, 0.717) is 12.3 Å². The summed E-state index contributed by atoms with van der Waals surface area (Å²) in [5.41, 5.74) is -0.268. The Morgan fingerprint density at radius 2 is 2.33 bits per heavy atom. The van der Waals surface area contributed by atoms with Crippen LogP contribution >= 0.6 is 0 Å². The van der Waals surface area contributed by atoms with Crippen molar-refractivity contribution in [2.75, 3.05) is 26.7 Å². The minimum atomic E-state index is -0.268. The van der Waals surface area contributed by atoms with Crippen LogP contribution in [0.2, 0.25) is 0 Å². The van der Waals surface area contributed by atoms with Gasteiger partial charge in [0, 0.05) is 26.0 Å². The molecule has 2 unspecified atom stereocenters. The molecule has 0 aromatic rings. The summed E-state index contributed by atoms with van der Waals surface area (Å²) in [7, 11) is 1.72. The maximum absolute atomic E-state index is 10.7. The van der Waals surface area contributed by atoms with E-state index in [1.54, 1.807) is 7.11 Å². The van der Waals surface area contributed by atoms with E-state index >= 15 is 0 Å². The molecule has 1 saturated heterocycles. The zero-order valence-corrected chi connectivity index (χ0v) is 10.2. The number of hydrogen-bond acceptors (Lipinski definition) is 3. The van der Waals surface area contributed by atoms with Crippen LogP contribution in [-0.2, 0) is 9.53 Å². The Kier molecular flexibility index (Phi) is 4.74. The molecule has 0 amide bonds. The standard InChI is InChI=1S/C12H23NO2/c1-4-13-8-5-6-11(10-13)12(2,15-3)7-9-14/h9,11H,4-8,10H2,1-3H3. The SMILES string of the molecule is CCN1CCCC(C(C)(CC=O)OC)C1. The molecule has 0 aromatic heterocycles. The van der Waals surface area contributed by atoms with Gasteiger partial charge >= 0.3 is 0 Å². The number of likely N-dealkylation sites (tertiary alicyclic amines) is 1. The first-order chi connectivity index (χ1) is 7.16. The third-order valence-electron chi connectivity index (χ3n) is 3.77. The molecule has 1 aliphatic rings. The summed E-state index contributed by atoms with van der Waals surface area (Å²) in [5, 5.41) is 0. The number of ether oxygens (including phenoxy) is 1. The van der Waals surface area contributed by atoms with Crippen LogP contribution in [0.4, 0.5) is 0 Å². The number of carbonyl (C=O) groups is 1. The molecular formula is C12H23NO2. The average molecular weight is 213 g/mol. The van der Waals surface area contributed by atoms with Gasteiger partial charge in [-0.2, -0.15) is 0 Å². The molecule has 0 aliphatic carbocycles. The molecule has 0 saturated carbocycles. The zero-order valence-electron chi connectivity index (χ0n) is 10.2. The van der Waals surface area contributed by atoms with Crippen LogP contribution in [0.25, 0.3) is 0 Å². The van der Waals surface area contributed by atoms with E-state index in [1.165, 1.54) is 19.4 Å². The van der Waals surface area contributed by atoms with Gasteiger partial charge in [-0.25, -0.2) is 0 Å². The van der Waals surface area contributed by atoms with Gasteiger partial charge in [0.05, 0.1) is 5.60 Å². The van der Waals surface area contributed by atoms with Gasteiger partial charge in [0.1, 0.15) is 6.29 Å². The Morgan fingerprint density at radius 3 is 2.87 bits per heavy atom. The lowest BCUT2D eigenvalue weighted by Gasteiger charge is -2.41. The van der Waals surface area contributed by atoms with Crippen molar-refractivity contribution < 1.29 is 9.53 Å². The normalized spacial score (nSPS) is 27.3. The first-order valence-electron chi connectivity index (χ1n) is 5.87. The maximum atomic E-state index is 10.7. The second-order valence-electron chi connectivity index (χ2n) is 4.62. The van der Waals surface area contributed by atoms with E-state index in [0.717, 1.165) is 19.4 Å². The van der Waals surface area contributed by atoms with Crippen molar-refractivity contribution in [3.05, 3.63) is 0 Å². The van der Waals surface area contributed by atoms with E-state index in [2.05, 4.69) is 18.7 Å². The first-order valence-corrected chi connectivity index (χ1v) is 5.87. The minimum Gasteiger partial charge on any atom is -0.378 e. The third-order valence-corrected chi connectivity index (χ3v) is 3.77. The molecule has 88 valence electrons. The van der Waals surface area contributed by atoms with Gasteiger partial charge in [0.2, 0.25) is 0 Å². The van der Waals surface area contributed by atoms with Crippen LogP contribution in [0.1, 0.15) is 33.1 Å². The van der Waals surface area contributed by atoms with Gasteiger partial charge in [-0.15, -0.1) is 0 Å². The fourth-order valence-electron chi connectivity index (χ4n) is 2.42. The summed E-state index contributed by atoms with van der Waals surface area (Å²) in [6.07, 6.45) is 3.88. The van der Waals surface area contributed by atoms with Crippen molar-refractivity contribution in [2.45, 2.75) is 38.7 Å². The summed E-state index contributed by atoms with van der Waals surface area (Å²) < 4.78 is 5.55. The molecule has 0 radical (unpaired) electrons. The zero-order chi connectivity index (χ0) is 11.3. The van der Waals surface area contributed by atoms with Gasteiger partial charge in [-0.05, 0) is 32.9 Å². The third kappa shape index (κ3) is 3.02. The highest BCUT2D eigenvalue weighted by atomic mass is 16.5. The number of hydrogen-bond donors (Lipinski definition) is 0. The quantitative estimate of drug-likeness (QED) is 0.651. The van der Waals surface area contributed by atoms with Gasteiger partial charge in [-0.1, -0.05) is 6.92 Å². The molecular weight excluding hydrogens is 190 g/mol. The Hall–Kier alpha value is -0.410. The second kappa shape index (κ2) is 5.61. The number of nitrogens with zero attached hydrogens (tertiary/aromatic N) is 1. The van der Waals surface area contributed by atoms with Crippen molar-refractivity contribution in [2.24, 2.45) is 5.92 Å². The van der Waals surface area contributed by atoms with E-state index in [-0.39, 0.29) is 5.60 Å². The fourth-order valence-corrected chi connectivity index (χ4v) is 2.42. The Bertz CT molecular complexity index is 208. The van der Waals surface area contributed by atoms with Crippen LogP contribution in [0, 0.1) is 5.92 Å². The van der Waals surface area contributed by atoms with E-state index < -0.39 is 0 Å². The van der Waals surface area contributed by atoms with Gasteiger partial charge in [0.25, 0.3) is 0 Å². The van der Waals surface area contributed by atoms with Gasteiger partial charge in [0.15, 0.2) is 0 Å². The van der Waals surface area contributed by atoms with Crippen molar-refractivity contribution >= 4 is 6.29 Å². The largest absolute Gasteiger partial charge is 0.378 e. The molecule has 3 heteroatoms. The second-order valence-corrected chi connectivity index (χ2v) is 4.62. The Labute approximate surface area is 92.8 Å². The van der Waals surface area contributed by atoms with E-state index in [4.69, 9.17) is 4.74 Å². The average Bonchev–Trinajstić information content (AvgIpc) is 2.29. The lowest BCUT2D eigenvalue weighted by Crippen LogP contribution is -2.47. The monoisotopic (exact) mass is 213 g/mol. The van der Waals surface area contributed by atoms with E-state index in [1.807, 2.05) is 0 Å². The van der Waals surface area contributed by atoms with Crippen molar-refractivity contribution in [1.29, 1.82) is 0 Å². The number of rotatable bonds is 5. The molecule has 0 spiro atoms. The maximum Gasteiger partial charge on any atom is 0.122 e. The molecule has 0 aromatic carbocycles. The molecule has 1 heterocycles. The molecule has 3 nitrogen and oxygen atoms in total. The highest BCUT2D eigenvalue weighted by Crippen LogP contribution is 2.31.